The van der Waals surface area contributed by atoms with E-state index in [0.717, 1.165) is 15.6 Å². The lowest BCUT2D eigenvalue weighted by Crippen LogP contribution is -2.13. The molecule has 0 fully saturated rings. The number of amides is 1. The van der Waals surface area contributed by atoms with Gasteiger partial charge in [0.05, 0.1) is 11.4 Å². The van der Waals surface area contributed by atoms with Crippen LogP contribution in [0.15, 0.2) is 36.5 Å². The predicted octanol–water partition coefficient (Wildman–Crippen LogP) is 3.45. The minimum atomic E-state index is 0.000145. The van der Waals surface area contributed by atoms with Crippen LogP contribution in [0.2, 0.25) is 0 Å². The van der Waals surface area contributed by atoms with Gasteiger partial charge in [-0.1, -0.05) is 32.0 Å². The van der Waals surface area contributed by atoms with Gasteiger partial charge in [-0.15, -0.1) is 11.3 Å². The number of aromatic nitrogens is 1. The highest BCUT2D eigenvalue weighted by molar-refractivity contribution is 7.11. The topological polar surface area (TPSA) is 42.0 Å². The van der Waals surface area contributed by atoms with Crippen molar-refractivity contribution in [3.63, 3.8) is 0 Å². The van der Waals surface area contributed by atoms with Crippen molar-refractivity contribution in [2.75, 3.05) is 5.32 Å². The van der Waals surface area contributed by atoms with Gasteiger partial charge in [-0.2, -0.15) is 0 Å². The fraction of sp³-hybridized carbons (Fsp3) is 0.286. The standard InChI is InChI=1S/C14H16N2OS/c1-10(2)14-15-9-12(18-14)8-13(17)16-11-6-4-3-5-7-11/h3-7,9-10H,8H2,1-2H3,(H,16,17). The highest BCUT2D eigenvalue weighted by Crippen LogP contribution is 2.21. The van der Waals surface area contributed by atoms with Crippen molar-refractivity contribution in [3.8, 4) is 0 Å². The lowest BCUT2D eigenvalue weighted by atomic mass is 10.2. The summed E-state index contributed by atoms with van der Waals surface area (Å²) in [7, 11) is 0. The normalized spacial score (nSPS) is 10.6. The van der Waals surface area contributed by atoms with E-state index in [1.807, 2.05) is 30.3 Å². The smallest absolute Gasteiger partial charge is 0.229 e. The van der Waals surface area contributed by atoms with Crippen molar-refractivity contribution in [1.29, 1.82) is 0 Å². The molecule has 0 saturated carbocycles. The van der Waals surface area contributed by atoms with Crippen LogP contribution in [-0.2, 0) is 11.2 Å². The SMILES string of the molecule is CC(C)c1ncc(CC(=O)Nc2ccccc2)s1. The summed E-state index contributed by atoms with van der Waals surface area (Å²) >= 11 is 1.61. The third-order valence-electron chi connectivity index (χ3n) is 2.46. The van der Waals surface area contributed by atoms with Crippen LogP contribution < -0.4 is 5.32 Å². The summed E-state index contributed by atoms with van der Waals surface area (Å²) in [5.74, 6) is 0.418. The fourth-order valence-corrected chi connectivity index (χ4v) is 2.47. The molecule has 0 aliphatic rings. The Bertz CT molecular complexity index is 520. The molecule has 1 aromatic carbocycles. The fourth-order valence-electron chi connectivity index (χ4n) is 1.56. The molecule has 18 heavy (non-hydrogen) atoms. The number of anilines is 1. The molecule has 1 amide bonds. The van der Waals surface area contributed by atoms with Gasteiger partial charge in [-0.25, -0.2) is 4.98 Å². The molecule has 4 heteroatoms. The predicted molar refractivity (Wildman–Crippen MR) is 75.0 cm³/mol. The Balaban J connectivity index is 1.95. The van der Waals surface area contributed by atoms with Crippen LogP contribution in [0, 0.1) is 0 Å². The van der Waals surface area contributed by atoms with Crippen LogP contribution in [0.4, 0.5) is 5.69 Å². The van der Waals surface area contributed by atoms with Crippen LogP contribution in [-0.4, -0.2) is 10.9 Å². The average Bonchev–Trinajstić information content (AvgIpc) is 2.78. The molecule has 0 atom stereocenters. The number of hydrogen-bond donors (Lipinski definition) is 1. The van der Waals surface area contributed by atoms with E-state index in [1.54, 1.807) is 17.5 Å². The Labute approximate surface area is 111 Å². The largest absolute Gasteiger partial charge is 0.326 e. The molecule has 1 heterocycles. The first-order valence-electron chi connectivity index (χ1n) is 5.94. The van der Waals surface area contributed by atoms with E-state index in [-0.39, 0.29) is 5.91 Å². The highest BCUT2D eigenvalue weighted by atomic mass is 32.1. The Morgan fingerprint density at radius 2 is 2.06 bits per heavy atom. The number of benzene rings is 1. The molecular weight excluding hydrogens is 244 g/mol. The second kappa shape index (κ2) is 5.78. The van der Waals surface area contributed by atoms with Crippen molar-refractivity contribution >= 4 is 22.9 Å². The van der Waals surface area contributed by atoms with Crippen molar-refractivity contribution < 1.29 is 4.79 Å². The molecule has 1 aromatic heterocycles. The molecule has 0 unspecified atom stereocenters. The van der Waals surface area contributed by atoms with Gasteiger partial charge in [0.1, 0.15) is 0 Å². The molecule has 0 spiro atoms. The summed E-state index contributed by atoms with van der Waals surface area (Å²) in [5, 5.41) is 3.95. The summed E-state index contributed by atoms with van der Waals surface area (Å²) in [6, 6.07) is 9.49. The zero-order valence-electron chi connectivity index (χ0n) is 10.5. The summed E-state index contributed by atoms with van der Waals surface area (Å²) in [4.78, 5) is 17.1. The summed E-state index contributed by atoms with van der Waals surface area (Å²) in [6.07, 6.45) is 2.18. The lowest BCUT2D eigenvalue weighted by molar-refractivity contribution is -0.115. The Hall–Kier alpha value is -1.68. The number of rotatable bonds is 4. The molecule has 0 aliphatic carbocycles. The zero-order chi connectivity index (χ0) is 13.0. The van der Waals surface area contributed by atoms with Gasteiger partial charge in [-0.3, -0.25) is 4.79 Å². The van der Waals surface area contributed by atoms with E-state index in [0.29, 0.717) is 12.3 Å². The van der Waals surface area contributed by atoms with Gasteiger partial charge in [0, 0.05) is 22.7 Å². The molecule has 3 nitrogen and oxygen atoms in total. The summed E-state index contributed by atoms with van der Waals surface area (Å²) in [6.45, 7) is 4.21. The quantitative estimate of drug-likeness (QED) is 0.915. The second-order valence-electron chi connectivity index (χ2n) is 4.41. The number of carbonyl (C=O) groups is 1. The number of para-hydroxylation sites is 1. The van der Waals surface area contributed by atoms with Gasteiger partial charge in [-0.05, 0) is 12.1 Å². The van der Waals surface area contributed by atoms with Crippen molar-refractivity contribution in [2.24, 2.45) is 0 Å². The van der Waals surface area contributed by atoms with Gasteiger partial charge in [0.15, 0.2) is 0 Å². The molecule has 2 aromatic rings. The highest BCUT2D eigenvalue weighted by Gasteiger charge is 2.09. The molecule has 1 N–H and O–H groups in total. The number of nitrogens with one attached hydrogen (secondary N) is 1. The molecule has 0 radical (unpaired) electrons. The minimum absolute atomic E-state index is 0.000145. The third kappa shape index (κ3) is 3.40. The summed E-state index contributed by atoms with van der Waals surface area (Å²) < 4.78 is 0. The maximum Gasteiger partial charge on any atom is 0.229 e. The van der Waals surface area contributed by atoms with Gasteiger partial charge >= 0.3 is 0 Å². The number of hydrogen-bond acceptors (Lipinski definition) is 3. The lowest BCUT2D eigenvalue weighted by Gasteiger charge is -2.03. The van der Waals surface area contributed by atoms with E-state index in [2.05, 4.69) is 24.1 Å². The number of nitrogens with zero attached hydrogens (tertiary/aromatic N) is 1. The van der Waals surface area contributed by atoms with E-state index in [1.165, 1.54) is 0 Å². The van der Waals surface area contributed by atoms with Crippen LogP contribution >= 0.6 is 11.3 Å². The maximum absolute atomic E-state index is 11.8. The first kappa shape index (κ1) is 12.8. The van der Waals surface area contributed by atoms with E-state index in [4.69, 9.17) is 0 Å². The molecule has 0 bridgehead atoms. The van der Waals surface area contributed by atoms with Crippen LogP contribution in [0.5, 0.6) is 0 Å². The summed E-state index contributed by atoms with van der Waals surface area (Å²) in [5.41, 5.74) is 0.830. The Kier molecular flexibility index (Phi) is 4.10. The Morgan fingerprint density at radius 1 is 1.33 bits per heavy atom. The number of carbonyl (C=O) groups excluding carboxylic acids is 1. The van der Waals surface area contributed by atoms with Crippen molar-refractivity contribution in [1.82, 2.24) is 4.98 Å². The van der Waals surface area contributed by atoms with E-state index < -0.39 is 0 Å². The van der Waals surface area contributed by atoms with Crippen LogP contribution in [0.1, 0.15) is 29.7 Å². The molecular formula is C14H16N2OS. The first-order chi connectivity index (χ1) is 8.65. The number of thiazole rings is 1. The molecule has 0 aliphatic heterocycles. The molecule has 94 valence electrons. The first-order valence-corrected chi connectivity index (χ1v) is 6.76. The van der Waals surface area contributed by atoms with Gasteiger partial charge in [0.25, 0.3) is 0 Å². The van der Waals surface area contributed by atoms with Crippen LogP contribution in [0.25, 0.3) is 0 Å². The molecule has 2 rings (SSSR count). The third-order valence-corrected chi connectivity index (χ3v) is 3.76. The van der Waals surface area contributed by atoms with Crippen LogP contribution in [0.3, 0.4) is 0 Å². The van der Waals surface area contributed by atoms with Gasteiger partial charge in [0.2, 0.25) is 5.91 Å². The second-order valence-corrected chi connectivity index (χ2v) is 5.56. The van der Waals surface area contributed by atoms with Crippen molar-refractivity contribution in [3.05, 3.63) is 46.4 Å². The van der Waals surface area contributed by atoms with E-state index >= 15 is 0 Å². The van der Waals surface area contributed by atoms with Crippen molar-refractivity contribution in [2.45, 2.75) is 26.2 Å². The average molecular weight is 260 g/mol. The van der Waals surface area contributed by atoms with E-state index in [9.17, 15) is 4.79 Å². The molecule has 0 saturated heterocycles. The Morgan fingerprint density at radius 3 is 2.67 bits per heavy atom. The van der Waals surface area contributed by atoms with Gasteiger partial charge < -0.3 is 5.32 Å². The monoisotopic (exact) mass is 260 g/mol. The maximum atomic E-state index is 11.8. The zero-order valence-corrected chi connectivity index (χ0v) is 11.3. The minimum Gasteiger partial charge on any atom is -0.326 e.